The number of pyridine rings is 1. The number of nitrogens with zero attached hydrogens (tertiary/aromatic N) is 4. The molecule has 0 unspecified atom stereocenters. The van der Waals surface area contributed by atoms with Gasteiger partial charge in [-0.2, -0.15) is 18.3 Å². The second kappa shape index (κ2) is 9.03. The van der Waals surface area contributed by atoms with E-state index in [9.17, 15) is 26.7 Å². The van der Waals surface area contributed by atoms with Gasteiger partial charge in [0.2, 0.25) is 0 Å². The number of halogens is 5. The Labute approximate surface area is 192 Å². The van der Waals surface area contributed by atoms with Gasteiger partial charge in [0.25, 0.3) is 5.91 Å². The summed E-state index contributed by atoms with van der Waals surface area (Å²) >= 11 is 0. The van der Waals surface area contributed by atoms with Crippen molar-refractivity contribution >= 4 is 17.3 Å². The van der Waals surface area contributed by atoms with Gasteiger partial charge in [-0.05, 0) is 43.0 Å². The first-order chi connectivity index (χ1) is 16.1. The van der Waals surface area contributed by atoms with Crippen LogP contribution in [0.2, 0.25) is 0 Å². The third kappa shape index (κ3) is 4.59. The zero-order valence-electron chi connectivity index (χ0n) is 18.5. The summed E-state index contributed by atoms with van der Waals surface area (Å²) in [6.07, 6.45) is -0.889. The fourth-order valence-electron chi connectivity index (χ4n) is 4.03. The highest BCUT2D eigenvalue weighted by atomic mass is 19.4. The van der Waals surface area contributed by atoms with Crippen LogP contribution < -0.4 is 10.2 Å². The molecule has 1 N–H and O–H groups in total. The molecule has 0 spiro atoms. The Kier molecular flexibility index (Phi) is 6.28. The van der Waals surface area contributed by atoms with Gasteiger partial charge in [0.15, 0.2) is 17.5 Å². The van der Waals surface area contributed by atoms with E-state index in [1.54, 1.807) is 18.7 Å². The van der Waals surface area contributed by atoms with Crippen LogP contribution in [0.4, 0.5) is 33.3 Å². The van der Waals surface area contributed by atoms with Crippen molar-refractivity contribution in [2.75, 3.05) is 23.3 Å². The van der Waals surface area contributed by atoms with E-state index >= 15 is 0 Å². The van der Waals surface area contributed by atoms with Gasteiger partial charge in [0.05, 0.1) is 23.0 Å². The van der Waals surface area contributed by atoms with Crippen LogP contribution in [-0.4, -0.2) is 33.8 Å². The summed E-state index contributed by atoms with van der Waals surface area (Å²) in [6.45, 7) is 4.68. The SMILES string of the molecule is CC(C)c1c(C(=O)Nc2cc(F)c(N3CCCC3)c(F)c2)cnn1-c1ccc(C(F)(F)F)cn1. The van der Waals surface area contributed by atoms with E-state index in [0.717, 1.165) is 37.1 Å². The van der Waals surface area contributed by atoms with Crippen LogP contribution >= 0.6 is 0 Å². The average molecular weight is 479 g/mol. The lowest BCUT2D eigenvalue weighted by Crippen LogP contribution is -2.21. The maximum Gasteiger partial charge on any atom is 0.417 e. The van der Waals surface area contributed by atoms with E-state index in [0.29, 0.717) is 25.0 Å². The van der Waals surface area contributed by atoms with Crippen LogP contribution in [-0.2, 0) is 6.18 Å². The van der Waals surface area contributed by atoms with Crippen LogP contribution in [0.1, 0.15) is 54.2 Å². The number of carbonyl (C=O) groups excluding carboxylic acids is 1. The minimum Gasteiger partial charge on any atom is -0.367 e. The molecule has 0 saturated carbocycles. The molecule has 4 rings (SSSR count). The van der Waals surface area contributed by atoms with Gasteiger partial charge in [-0.3, -0.25) is 4.79 Å². The van der Waals surface area contributed by atoms with E-state index in [1.807, 2.05) is 0 Å². The fraction of sp³-hybridized carbons (Fsp3) is 0.348. The molecule has 1 aliphatic rings. The number of benzene rings is 1. The molecule has 2 aromatic heterocycles. The average Bonchev–Trinajstić information content (AvgIpc) is 3.43. The third-order valence-corrected chi connectivity index (χ3v) is 5.59. The highest BCUT2D eigenvalue weighted by molar-refractivity contribution is 6.05. The predicted molar refractivity (Wildman–Crippen MR) is 116 cm³/mol. The van der Waals surface area contributed by atoms with Crippen molar-refractivity contribution in [3.05, 3.63) is 65.1 Å². The molecule has 0 aliphatic carbocycles. The first-order valence-corrected chi connectivity index (χ1v) is 10.7. The standard InChI is InChI=1S/C23H22F5N5O/c1-13(2)20-16(12-30-33(20)19-6-5-14(11-29-19)23(26,27)28)22(34)31-15-9-17(24)21(18(25)10-15)32-7-3-4-8-32/h5-6,9-13H,3-4,7-8H2,1-2H3,(H,31,34). The molecule has 180 valence electrons. The van der Waals surface area contributed by atoms with Crippen molar-refractivity contribution in [3.63, 3.8) is 0 Å². The van der Waals surface area contributed by atoms with Crippen molar-refractivity contribution in [2.45, 2.75) is 38.8 Å². The number of carbonyl (C=O) groups is 1. The van der Waals surface area contributed by atoms with Gasteiger partial charge in [-0.15, -0.1) is 0 Å². The van der Waals surface area contributed by atoms with Gasteiger partial charge in [-0.1, -0.05) is 13.8 Å². The maximum absolute atomic E-state index is 14.6. The van der Waals surface area contributed by atoms with Crippen molar-refractivity contribution in [3.8, 4) is 5.82 Å². The van der Waals surface area contributed by atoms with E-state index in [2.05, 4.69) is 15.4 Å². The highest BCUT2D eigenvalue weighted by Crippen LogP contribution is 2.31. The number of alkyl halides is 3. The third-order valence-electron chi connectivity index (χ3n) is 5.59. The summed E-state index contributed by atoms with van der Waals surface area (Å²) in [7, 11) is 0. The molecule has 1 amide bonds. The molecule has 3 aromatic rings. The van der Waals surface area contributed by atoms with Crippen molar-refractivity contribution < 1.29 is 26.7 Å². The van der Waals surface area contributed by atoms with Gasteiger partial charge in [0.1, 0.15) is 5.69 Å². The van der Waals surface area contributed by atoms with E-state index in [-0.39, 0.29) is 28.7 Å². The molecule has 1 saturated heterocycles. The van der Waals surface area contributed by atoms with Crippen LogP contribution in [0.25, 0.3) is 5.82 Å². The monoisotopic (exact) mass is 479 g/mol. The van der Waals surface area contributed by atoms with Crippen molar-refractivity contribution in [1.29, 1.82) is 0 Å². The molecule has 1 aromatic carbocycles. The summed E-state index contributed by atoms with van der Waals surface area (Å²) in [4.78, 5) is 18.4. The van der Waals surface area contributed by atoms with Crippen LogP contribution in [0.3, 0.4) is 0 Å². The van der Waals surface area contributed by atoms with Crippen LogP contribution in [0.15, 0.2) is 36.7 Å². The van der Waals surface area contributed by atoms with Gasteiger partial charge < -0.3 is 10.2 Å². The Morgan fingerprint density at radius 1 is 1.06 bits per heavy atom. The smallest absolute Gasteiger partial charge is 0.367 e. The van der Waals surface area contributed by atoms with E-state index < -0.39 is 29.3 Å². The van der Waals surface area contributed by atoms with E-state index in [4.69, 9.17) is 0 Å². The quantitative estimate of drug-likeness (QED) is 0.488. The van der Waals surface area contributed by atoms with Crippen molar-refractivity contribution in [1.82, 2.24) is 14.8 Å². The lowest BCUT2D eigenvalue weighted by atomic mass is 10.1. The topological polar surface area (TPSA) is 63.1 Å². The molecular formula is C23H22F5N5O. The maximum atomic E-state index is 14.6. The normalized spacial score (nSPS) is 14.2. The predicted octanol–water partition coefficient (Wildman–Crippen LogP) is 5.54. The Morgan fingerprint density at radius 2 is 1.71 bits per heavy atom. The Balaban J connectivity index is 1.61. The summed E-state index contributed by atoms with van der Waals surface area (Å²) < 4.78 is 69.1. The molecule has 34 heavy (non-hydrogen) atoms. The number of hydrogen-bond acceptors (Lipinski definition) is 4. The second-order valence-corrected chi connectivity index (χ2v) is 8.35. The zero-order valence-corrected chi connectivity index (χ0v) is 18.5. The fourth-order valence-corrected chi connectivity index (χ4v) is 4.03. The molecule has 1 fully saturated rings. The number of amides is 1. The first-order valence-electron chi connectivity index (χ1n) is 10.7. The molecular weight excluding hydrogens is 457 g/mol. The van der Waals surface area contributed by atoms with Crippen molar-refractivity contribution in [2.24, 2.45) is 0 Å². The molecule has 0 radical (unpaired) electrons. The lowest BCUT2D eigenvalue weighted by molar-refractivity contribution is -0.137. The number of hydrogen-bond donors (Lipinski definition) is 1. The summed E-state index contributed by atoms with van der Waals surface area (Å²) in [5.74, 6) is -2.37. The number of rotatable bonds is 5. The largest absolute Gasteiger partial charge is 0.417 e. The first kappa shape index (κ1) is 23.7. The van der Waals surface area contributed by atoms with E-state index in [1.165, 1.54) is 10.9 Å². The molecule has 0 bridgehead atoms. The Bertz CT molecular complexity index is 1170. The molecule has 6 nitrogen and oxygen atoms in total. The minimum absolute atomic E-state index is 0.0574. The Hall–Kier alpha value is -3.50. The van der Waals surface area contributed by atoms with Gasteiger partial charge in [-0.25, -0.2) is 18.4 Å². The number of aromatic nitrogens is 3. The zero-order chi connectivity index (χ0) is 24.6. The Morgan fingerprint density at radius 3 is 2.24 bits per heavy atom. The van der Waals surface area contributed by atoms with Crippen LogP contribution in [0.5, 0.6) is 0 Å². The molecule has 11 heteroatoms. The summed E-state index contributed by atoms with van der Waals surface area (Å²) in [5, 5.41) is 6.61. The molecule has 0 atom stereocenters. The molecule has 3 heterocycles. The van der Waals surface area contributed by atoms with Crippen LogP contribution in [0, 0.1) is 11.6 Å². The lowest BCUT2D eigenvalue weighted by Gasteiger charge is -2.20. The molecule has 1 aliphatic heterocycles. The minimum atomic E-state index is -4.53. The summed E-state index contributed by atoms with van der Waals surface area (Å²) in [6, 6.07) is 4.16. The number of nitrogens with one attached hydrogen (secondary N) is 1. The highest BCUT2D eigenvalue weighted by Gasteiger charge is 2.31. The second-order valence-electron chi connectivity index (χ2n) is 8.35. The van der Waals surface area contributed by atoms with Gasteiger partial charge in [0, 0.05) is 25.0 Å². The van der Waals surface area contributed by atoms with Gasteiger partial charge >= 0.3 is 6.18 Å². The summed E-state index contributed by atoms with van der Waals surface area (Å²) in [5.41, 5.74) is -0.577. The number of anilines is 2.